The van der Waals surface area contributed by atoms with Crippen LogP contribution in [0.5, 0.6) is 0 Å². The summed E-state index contributed by atoms with van der Waals surface area (Å²) in [4.78, 5) is 16.9. The number of likely N-dealkylation sites (N-methyl/N-ethyl adjacent to an activating group) is 1. The topological polar surface area (TPSA) is 23.6 Å². The monoisotopic (exact) mass is 810 g/mol. The molecule has 2 bridgehead atoms. The van der Waals surface area contributed by atoms with Crippen LogP contribution < -0.4 is 0 Å². The lowest BCUT2D eigenvalue weighted by molar-refractivity contribution is -0.944. The highest BCUT2D eigenvalue weighted by molar-refractivity contribution is 14.1. The van der Waals surface area contributed by atoms with E-state index in [1.807, 2.05) is 6.07 Å². The SMILES string of the molecule is CN1C(=O)N(Cc2cc(C(F)(F)F)cc(C(F)(F)F)c2)C(I)C1(CC[N+]12CCC(c3ccccc3)(CC1)CC2)c1ccc(Cl)c(Cl)c1. The number of carbonyl (C=O) groups is 1. The summed E-state index contributed by atoms with van der Waals surface area (Å²) in [5.74, 6) is 0. The van der Waals surface area contributed by atoms with Gasteiger partial charge in [-0.05, 0) is 47.0 Å². The van der Waals surface area contributed by atoms with E-state index in [0.29, 0.717) is 29.1 Å². The van der Waals surface area contributed by atoms with Crippen LogP contribution in [-0.2, 0) is 29.9 Å². The zero-order valence-electron chi connectivity index (χ0n) is 25.4. The minimum atomic E-state index is -5.00. The summed E-state index contributed by atoms with van der Waals surface area (Å²) >= 11 is 14.9. The van der Waals surface area contributed by atoms with Gasteiger partial charge in [0.1, 0.15) is 9.59 Å². The number of hydrogen-bond donors (Lipinski definition) is 0. The van der Waals surface area contributed by atoms with Crippen LogP contribution in [0, 0.1) is 0 Å². The first kappa shape index (κ1) is 34.6. The van der Waals surface area contributed by atoms with Crippen molar-refractivity contribution in [2.75, 3.05) is 33.2 Å². The first-order valence-corrected chi connectivity index (χ1v) is 17.3. The van der Waals surface area contributed by atoms with Gasteiger partial charge >= 0.3 is 18.4 Å². The zero-order chi connectivity index (χ0) is 34.0. The number of alkyl halides is 7. The molecule has 2 unspecified atom stereocenters. The highest BCUT2D eigenvalue weighted by Crippen LogP contribution is 2.51. The Bertz CT molecular complexity index is 1610. The fourth-order valence-corrected chi connectivity index (χ4v) is 9.71. The van der Waals surface area contributed by atoms with E-state index in [9.17, 15) is 31.1 Å². The molecule has 3 aromatic carbocycles. The molecular formula is C34H33Cl2F6IN3O+. The number of rotatable bonds is 7. The van der Waals surface area contributed by atoms with Crippen molar-refractivity contribution in [3.05, 3.63) is 105 Å². The van der Waals surface area contributed by atoms with Gasteiger partial charge in [-0.15, -0.1) is 0 Å². The van der Waals surface area contributed by atoms with Crippen LogP contribution in [0.2, 0.25) is 10.0 Å². The van der Waals surface area contributed by atoms with Crippen LogP contribution in [0.15, 0.2) is 66.7 Å². The second-order valence-electron chi connectivity index (χ2n) is 13.2. The summed E-state index contributed by atoms with van der Waals surface area (Å²) in [5.41, 5.74) is -1.84. The number of quaternary nitrogens is 1. The maximum absolute atomic E-state index is 14.0. The molecule has 4 heterocycles. The minimum Gasteiger partial charge on any atom is -0.323 e. The van der Waals surface area contributed by atoms with Gasteiger partial charge in [0.25, 0.3) is 0 Å². The van der Waals surface area contributed by atoms with Gasteiger partial charge in [-0.25, -0.2) is 4.79 Å². The van der Waals surface area contributed by atoms with Crippen molar-refractivity contribution in [2.24, 2.45) is 0 Å². The van der Waals surface area contributed by atoms with Crippen LogP contribution in [0.4, 0.5) is 31.1 Å². The number of halogens is 9. The Kier molecular flexibility index (Phi) is 9.05. The molecule has 4 nitrogen and oxygen atoms in total. The third kappa shape index (κ3) is 6.23. The molecule has 7 rings (SSSR count). The lowest BCUT2D eigenvalue weighted by Crippen LogP contribution is -2.64. The van der Waals surface area contributed by atoms with Crippen molar-refractivity contribution >= 4 is 51.8 Å². The summed E-state index contributed by atoms with van der Waals surface area (Å²) < 4.78 is 82.2. The third-order valence-electron chi connectivity index (χ3n) is 10.8. The maximum atomic E-state index is 14.0. The zero-order valence-corrected chi connectivity index (χ0v) is 29.1. The Labute approximate surface area is 293 Å². The van der Waals surface area contributed by atoms with Gasteiger partial charge in [0.05, 0.1) is 47.4 Å². The van der Waals surface area contributed by atoms with Gasteiger partial charge in [-0.1, -0.05) is 82.2 Å². The van der Waals surface area contributed by atoms with Gasteiger partial charge < -0.3 is 14.3 Å². The molecule has 13 heteroatoms. The van der Waals surface area contributed by atoms with E-state index in [4.69, 9.17) is 23.2 Å². The van der Waals surface area contributed by atoms with Crippen LogP contribution in [0.25, 0.3) is 0 Å². The predicted molar refractivity (Wildman–Crippen MR) is 177 cm³/mol. The van der Waals surface area contributed by atoms with E-state index in [0.717, 1.165) is 49.9 Å². The third-order valence-corrected chi connectivity index (χ3v) is 13.2. The summed E-state index contributed by atoms with van der Waals surface area (Å²) in [6.45, 7) is 3.22. The molecule has 0 radical (unpaired) electrons. The molecule has 0 saturated carbocycles. The second kappa shape index (κ2) is 12.3. The van der Waals surface area contributed by atoms with Gasteiger partial charge in [0, 0.05) is 44.7 Å². The fraction of sp³-hybridized carbons (Fsp3) is 0.441. The first-order valence-electron chi connectivity index (χ1n) is 15.3. The normalized spacial score (nSPS) is 28.0. The molecule has 4 saturated heterocycles. The molecule has 0 aliphatic carbocycles. The number of fused-ring (bicyclic) bond motifs is 3. The number of nitrogens with zero attached hydrogens (tertiary/aromatic N) is 3. The van der Waals surface area contributed by atoms with E-state index >= 15 is 0 Å². The van der Waals surface area contributed by atoms with Crippen molar-refractivity contribution in [1.29, 1.82) is 0 Å². The summed E-state index contributed by atoms with van der Waals surface area (Å²) in [5, 5.41) is 0.615. The molecule has 0 N–H and O–H groups in total. The Balaban J connectivity index is 1.33. The number of hydrogen-bond acceptors (Lipinski definition) is 1. The van der Waals surface area contributed by atoms with Crippen LogP contribution in [0.1, 0.15) is 53.5 Å². The smallest absolute Gasteiger partial charge is 0.323 e. The average Bonchev–Trinajstić information content (AvgIpc) is 3.22. The Hall–Kier alpha value is -2.22. The molecule has 2 amide bonds. The quantitative estimate of drug-likeness (QED) is 0.0767. The summed E-state index contributed by atoms with van der Waals surface area (Å²) in [6.07, 6.45) is -6.35. The van der Waals surface area contributed by atoms with Crippen molar-refractivity contribution in [3.8, 4) is 0 Å². The Morgan fingerprint density at radius 1 is 0.830 bits per heavy atom. The van der Waals surface area contributed by atoms with Crippen molar-refractivity contribution < 1.29 is 35.6 Å². The number of benzene rings is 3. The molecule has 252 valence electrons. The molecule has 0 spiro atoms. The van der Waals surface area contributed by atoms with Gasteiger partial charge in [0.15, 0.2) is 0 Å². The molecule has 4 aliphatic heterocycles. The lowest BCUT2D eigenvalue weighted by atomic mass is 9.66. The molecular weight excluding hydrogens is 778 g/mol. The largest absolute Gasteiger partial charge is 0.416 e. The Morgan fingerprint density at radius 2 is 1.40 bits per heavy atom. The number of carbonyl (C=O) groups excluding carboxylic acids is 1. The van der Waals surface area contributed by atoms with Crippen molar-refractivity contribution in [1.82, 2.24) is 9.80 Å². The fourth-order valence-electron chi connectivity index (χ4n) is 7.89. The maximum Gasteiger partial charge on any atom is 0.416 e. The average molecular weight is 811 g/mol. The number of piperidine rings is 3. The molecule has 2 atom stereocenters. The predicted octanol–water partition coefficient (Wildman–Crippen LogP) is 9.90. The standard InChI is InChI=1S/C34H33Cl2F6IN3O/c1-44-30(47)45(21-22-17-25(33(37,38)39)19-26(18-22)34(40,41)42)29(43)32(44,24-7-8-27(35)28(36)20-24)12-16-46-13-9-31(10-14-46,11-15-46)23-5-3-2-4-6-23/h2-8,17-20,29H,9-16,21H2,1H3/q+1. The van der Waals surface area contributed by atoms with Crippen molar-refractivity contribution in [2.45, 2.75) is 59.6 Å². The van der Waals surface area contributed by atoms with E-state index in [2.05, 4.69) is 46.9 Å². The van der Waals surface area contributed by atoms with Gasteiger partial charge in [-0.2, -0.15) is 26.3 Å². The number of amides is 2. The van der Waals surface area contributed by atoms with Crippen LogP contribution in [-0.4, -0.2) is 57.6 Å². The minimum absolute atomic E-state index is 0.0982. The highest BCUT2D eigenvalue weighted by Gasteiger charge is 2.58. The number of urea groups is 1. The summed E-state index contributed by atoms with van der Waals surface area (Å²) in [7, 11) is 1.64. The molecule has 3 aromatic rings. The van der Waals surface area contributed by atoms with Gasteiger partial charge in [0.2, 0.25) is 0 Å². The summed E-state index contributed by atoms with van der Waals surface area (Å²) in [6, 6.07) is 16.7. The van der Waals surface area contributed by atoms with Crippen molar-refractivity contribution in [3.63, 3.8) is 0 Å². The molecule has 47 heavy (non-hydrogen) atoms. The molecule has 4 aliphatic rings. The van der Waals surface area contributed by atoms with E-state index in [1.165, 1.54) is 10.5 Å². The van der Waals surface area contributed by atoms with Crippen LogP contribution >= 0.6 is 45.8 Å². The van der Waals surface area contributed by atoms with Gasteiger partial charge in [-0.3, -0.25) is 0 Å². The Morgan fingerprint density at radius 3 is 1.94 bits per heavy atom. The van der Waals surface area contributed by atoms with Crippen LogP contribution in [0.3, 0.4) is 0 Å². The lowest BCUT2D eigenvalue weighted by Gasteiger charge is -2.56. The molecule has 0 aromatic heterocycles. The van der Waals surface area contributed by atoms with E-state index in [-0.39, 0.29) is 22.1 Å². The highest BCUT2D eigenvalue weighted by atomic mass is 127. The van der Waals surface area contributed by atoms with E-state index < -0.39 is 45.6 Å². The molecule has 4 fully saturated rings. The van der Waals surface area contributed by atoms with E-state index in [1.54, 1.807) is 30.1 Å². The first-order chi connectivity index (χ1) is 22.0. The second-order valence-corrected chi connectivity index (χ2v) is 15.1.